The average molecular weight is 322 g/mol. The second kappa shape index (κ2) is 7.46. The van der Waals surface area contributed by atoms with Crippen LogP contribution in [0.4, 0.5) is 0 Å². The third-order valence-electron chi connectivity index (χ3n) is 3.61. The zero-order valence-electron chi connectivity index (χ0n) is 13.4. The van der Waals surface area contributed by atoms with Crippen LogP contribution in [0.15, 0.2) is 65.2 Å². The van der Waals surface area contributed by atoms with E-state index in [4.69, 9.17) is 9.26 Å². The topological polar surface area (TPSA) is 64.4 Å². The van der Waals surface area contributed by atoms with Crippen LogP contribution in [0.5, 0.6) is 5.75 Å². The molecule has 0 aliphatic heterocycles. The fraction of sp³-hybridized carbons (Fsp3) is 0.158. The zero-order chi connectivity index (χ0) is 16.8. The summed E-state index contributed by atoms with van der Waals surface area (Å²) in [5.41, 5.74) is 2.57. The molecule has 1 N–H and O–H groups in total. The number of ether oxygens (including phenoxy) is 1. The number of benzene rings is 2. The first kappa shape index (κ1) is 15.8. The fourth-order valence-electron chi connectivity index (χ4n) is 2.32. The van der Waals surface area contributed by atoms with Gasteiger partial charge in [0.2, 0.25) is 5.91 Å². The maximum Gasteiger partial charge on any atom is 0.224 e. The number of nitrogens with one attached hydrogen (secondary N) is 1. The van der Waals surface area contributed by atoms with E-state index >= 15 is 0 Å². The first-order valence-electron chi connectivity index (χ1n) is 7.65. The van der Waals surface area contributed by atoms with Crippen molar-refractivity contribution in [2.45, 2.75) is 13.0 Å². The van der Waals surface area contributed by atoms with Gasteiger partial charge in [-0.1, -0.05) is 35.5 Å². The summed E-state index contributed by atoms with van der Waals surface area (Å²) in [6.07, 6.45) is 0.351. The molecule has 2 aromatic carbocycles. The van der Waals surface area contributed by atoms with Crippen molar-refractivity contribution in [3.63, 3.8) is 0 Å². The molecule has 0 unspecified atom stereocenters. The summed E-state index contributed by atoms with van der Waals surface area (Å²) < 4.78 is 10.5. The molecule has 0 radical (unpaired) electrons. The quantitative estimate of drug-likeness (QED) is 0.757. The molecule has 24 heavy (non-hydrogen) atoms. The van der Waals surface area contributed by atoms with Crippen molar-refractivity contribution < 1.29 is 14.1 Å². The molecule has 122 valence electrons. The lowest BCUT2D eigenvalue weighted by Gasteiger charge is -2.02. The zero-order valence-corrected chi connectivity index (χ0v) is 13.4. The third-order valence-corrected chi connectivity index (χ3v) is 3.61. The number of aromatic nitrogens is 1. The van der Waals surface area contributed by atoms with Crippen LogP contribution in [-0.2, 0) is 17.8 Å². The van der Waals surface area contributed by atoms with Crippen LogP contribution in [0, 0.1) is 0 Å². The highest BCUT2D eigenvalue weighted by molar-refractivity contribution is 5.78. The van der Waals surface area contributed by atoms with E-state index in [0.29, 0.717) is 24.4 Å². The van der Waals surface area contributed by atoms with Crippen LogP contribution in [0.1, 0.15) is 11.3 Å². The predicted molar refractivity (Wildman–Crippen MR) is 90.5 cm³/mol. The molecule has 0 fully saturated rings. The molecule has 0 spiro atoms. The van der Waals surface area contributed by atoms with E-state index in [0.717, 1.165) is 16.9 Å². The summed E-state index contributed by atoms with van der Waals surface area (Å²) in [6.45, 7) is 0.339. The van der Waals surface area contributed by atoms with Crippen molar-refractivity contribution in [1.29, 1.82) is 0 Å². The van der Waals surface area contributed by atoms with Gasteiger partial charge in [-0.05, 0) is 29.8 Å². The lowest BCUT2D eigenvalue weighted by atomic mass is 10.1. The highest BCUT2D eigenvalue weighted by Gasteiger charge is 2.09. The minimum absolute atomic E-state index is 0.0461. The smallest absolute Gasteiger partial charge is 0.224 e. The highest BCUT2D eigenvalue weighted by atomic mass is 16.5. The van der Waals surface area contributed by atoms with Crippen LogP contribution >= 0.6 is 0 Å². The molecule has 0 saturated carbocycles. The van der Waals surface area contributed by atoms with Gasteiger partial charge < -0.3 is 14.6 Å². The third kappa shape index (κ3) is 4.01. The SMILES string of the molecule is COc1ccc(-c2cc(CNC(=O)Cc3ccccc3)no2)cc1. The maximum absolute atomic E-state index is 11.9. The average Bonchev–Trinajstić information content (AvgIpc) is 3.10. The van der Waals surface area contributed by atoms with Crippen LogP contribution in [-0.4, -0.2) is 18.2 Å². The Balaban J connectivity index is 1.56. The molecular weight excluding hydrogens is 304 g/mol. The van der Waals surface area contributed by atoms with Gasteiger partial charge in [0.1, 0.15) is 11.4 Å². The summed E-state index contributed by atoms with van der Waals surface area (Å²) >= 11 is 0. The standard InChI is InChI=1S/C19H18N2O3/c1-23-17-9-7-15(8-10-17)18-12-16(21-24-18)13-20-19(22)11-14-5-3-2-4-6-14/h2-10,12H,11,13H2,1H3,(H,20,22). The molecule has 1 aromatic heterocycles. The number of carbonyl (C=O) groups excluding carboxylic acids is 1. The molecule has 5 heteroatoms. The summed E-state index contributed by atoms with van der Waals surface area (Å²) in [5, 5.41) is 6.84. The van der Waals surface area contributed by atoms with Gasteiger partial charge in [0.15, 0.2) is 5.76 Å². The number of hydrogen-bond acceptors (Lipinski definition) is 4. The summed E-state index contributed by atoms with van der Waals surface area (Å²) in [5.74, 6) is 1.40. The summed E-state index contributed by atoms with van der Waals surface area (Å²) in [7, 11) is 1.62. The molecule has 0 saturated heterocycles. The van der Waals surface area contributed by atoms with E-state index in [1.807, 2.05) is 60.7 Å². The number of methoxy groups -OCH3 is 1. The largest absolute Gasteiger partial charge is 0.497 e. The molecule has 1 amide bonds. The lowest BCUT2D eigenvalue weighted by Crippen LogP contribution is -2.24. The van der Waals surface area contributed by atoms with Crippen molar-refractivity contribution in [3.05, 3.63) is 71.9 Å². The molecule has 1 heterocycles. The van der Waals surface area contributed by atoms with Gasteiger partial charge in [0, 0.05) is 11.6 Å². The minimum atomic E-state index is -0.0461. The van der Waals surface area contributed by atoms with E-state index in [1.54, 1.807) is 7.11 Å². The van der Waals surface area contributed by atoms with E-state index in [2.05, 4.69) is 10.5 Å². The first-order valence-corrected chi connectivity index (χ1v) is 7.65. The molecule has 0 atom stereocenters. The molecular formula is C19H18N2O3. The van der Waals surface area contributed by atoms with Gasteiger partial charge in [-0.15, -0.1) is 0 Å². The molecule has 5 nitrogen and oxygen atoms in total. The molecule has 0 aliphatic rings. The van der Waals surface area contributed by atoms with E-state index in [9.17, 15) is 4.79 Å². The normalized spacial score (nSPS) is 10.4. The summed E-state index contributed by atoms with van der Waals surface area (Å²) in [4.78, 5) is 11.9. The van der Waals surface area contributed by atoms with Crippen molar-refractivity contribution in [1.82, 2.24) is 10.5 Å². The number of rotatable bonds is 6. The highest BCUT2D eigenvalue weighted by Crippen LogP contribution is 2.23. The Morgan fingerprint density at radius 3 is 2.58 bits per heavy atom. The maximum atomic E-state index is 11.9. The second-order valence-corrected chi connectivity index (χ2v) is 5.35. The fourth-order valence-corrected chi connectivity index (χ4v) is 2.32. The van der Waals surface area contributed by atoms with Gasteiger partial charge in [-0.3, -0.25) is 4.79 Å². The van der Waals surface area contributed by atoms with Crippen molar-refractivity contribution in [2.75, 3.05) is 7.11 Å². The molecule has 0 aliphatic carbocycles. The Kier molecular flexibility index (Phi) is 4.91. The Labute approximate surface area is 140 Å². The Bertz CT molecular complexity index is 795. The van der Waals surface area contributed by atoms with Crippen LogP contribution in [0.3, 0.4) is 0 Å². The van der Waals surface area contributed by atoms with E-state index in [-0.39, 0.29) is 5.91 Å². The number of amides is 1. The monoisotopic (exact) mass is 322 g/mol. The van der Waals surface area contributed by atoms with E-state index < -0.39 is 0 Å². The number of nitrogens with zero attached hydrogens (tertiary/aromatic N) is 1. The van der Waals surface area contributed by atoms with Crippen molar-refractivity contribution in [3.8, 4) is 17.1 Å². The van der Waals surface area contributed by atoms with Gasteiger partial charge in [-0.2, -0.15) is 0 Å². The summed E-state index contributed by atoms with van der Waals surface area (Å²) in [6, 6.07) is 19.0. The number of hydrogen-bond donors (Lipinski definition) is 1. The van der Waals surface area contributed by atoms with E-state index in [1.165, 1.54) is 0 Å². The number of carbonyl (C=O) groups is 1. The predicted octanol–water partition coefficient (Wildman–Crippen LogP) is 3.21. The first-order chi connectivity index (χ1) is 11.7. The Morgan fingerprint density at radius 1 is 1.12 bits per heavy atom. The van der Waals surface area contributed by atoms with Gasteiger partial charge >= 0.3 is 0 Å². The van der Waals surface area contributed by atoms with Crippen LogP contribution in [0.25, 0.3) is 11.3 Å². The van der Waals surface area contributed by atoms with Crippen LogP contribution < -0.4 is 10.1 Å². The minimum Gasteiger partial charge on any atom is -0.497 e. The van der Waals surface area contributed by atoms with Gasteiger partial charge in [-0.25, -0.2) is 0 Å². The Hall–Kier alpha value is -3.08. The molecule has 3 aromatic rings. The molecule has 0 bridgehead atoms. The molecule has 3 rings (SSSR count). The Morgan fingerprint density at radius 2 is 1.88 bits per heavy atom. The van der Waals surface area contributed by atoms with Crippen molar-refractivity contribution >= 4 is 5.91 Å². The van der Waals surface area contributed by atoms with Crippen molar-refractivity contribution in [2.24, 2.45) is 0 Å². The van der Waals surface area contributed by atoms with Gasteiger partial charge in [0.05, 0.1) is 20.1 Å². The lowest BCUT2D eigenvalue weighted by molar-refractivity contribution is -0.120. The van der Waals surface area contributed by atoms with Crippen LogP contribution in [0.2, 0.25) is 0 Å². The van der Waals surface area contributed by atoms with Gasteiger partial charge in [0.25, 0.3) is 0 Å². The second-order valence-electron chi connectivity index (χ2n) is 5.35.